The Hall–Kier alpha value is -4.96. The maximum Gasteiger partial charge on any atom is 0.418 e. The fraction of sp³-hybridized carbons (Fsp3) is 0.395. The van der Waals surface area contributed by atoms with Gasteiger partial charge in [-0.3, -0.25) is 14.4 Å². The minimum absolute atomic E-state index is 0.0739. The van der Waals surface area contributed by atoms with Gasteiger partial charge in [0.2, 0.25) is 12.3 Å². The number of benzene rings is 3. The predicted molar refractivity (Wildman–Crippen MR) is 197 cm³/mol. The van der Waals surface area contributed by atoms with E-state index in [1.165, 1.54) is 43.3 Å². The lowest BCUT2D eigenvalue weighted by molar-refractivity contribution is -0.162. The van der Waals surface area contributed by atoms with E-state index in [2.05, 4.69) is 0 Å². The summed E-state index contributed by atoms with van der Waals surface area (Å²) >= 11 is 0. The third kappa shape index (κ3) is 9.93. The smallest absolute Gasteiger partial charge is 0.418 e. The lowest BCUT2D eigenvalue weighted by atomic mass is 9.78. The number of carbonyl (C=O) groups excluding carboxylic acids is 5. The number of aryl methyl sites for hydroxylation is 1. The van der Waals surface area contributed by atoms with Crippen molar-refractivity contribution >= 4 is 40.2 Å². The molecule has 3 aromatic carbocycles. The zero-order chi connectivity index (χ0) is 39.2. The van der Waals surface area contributed by atoms with Crippen LogP contribution in [0.2, 0.25) is 0 Å². The van der Waals surface area contributed by atoms with Crippen molar-refractivity contribution < 1.29 is 41.9 Å². The summed E-state index contributed by atoms with van der Waals surface area (Å²) in [5, 5.41) is 0. The van der Waals surface area contributed by atoms with Crippen LogP contribution in [0.25, 0.3) is 0 Å². The Balaban J connectivity index is 2.34. The van der Waals surface area contributed by atoms with Gasteiger partial charge in [-0.2, -0.15) is 0 Å². The summed E-state index contributed by atoms with van der Waals surface area (Å²) in [5.74, 6) is -2.99. The molecule has 0 bridgehead atoms. The van der Waals surface area contributed by atoms with E-state index in [1.807, 2.05) is 0 Å². The first kappa shape index (κ1) is 42.5. The third-order valence-corrected chi connectivity index (χ3v) is 10.5. The second kappa shape index (κ2) is 19.8. The second-order valence-electron chi connectivity index (χ2n) is 12.6. The Morgan fingerprint density at radius 1 is 0.868 bits per heavy atom. The SMILES string of the molecule is COC(=O)[C@@](CCCCN)(c1ccccc1C(=O)[C@@H](CCCCN)N(C=O)S(=O)(=O)c1ccc(C)cc1)N(C(=O)OCc1ccccc1)C(=O)[C@H](C)N. The number of nitrogens with two attached hydrogens (primary N) is 3. The maximum absolute atomic E-state index is 14.9. The highest BCUT2D eigenvalue weighted by molar-refractivity contribution is 7.89. The summed E-state index contributed by atoms with van der Waals surface area (Å²) in [4.78, 5) is 70.5. The van der Waals surface area contributed by atoms with Crippen molar-refractivity contribution in [3.63, 3.8) is 0 Å². The lowest BCUT2D eigenvalue weighted by Crippen LogP contribution is -2.61. The minimum Gasteiger partial charge on any atom is -0.467 e. The van der Waals surface area contributed by atoms with Crippen molar-refractivity contribution in [2.24, 2.45) is 17.2 Å². The number of esters is 1. The van der Waals surface area contributed by atoms with E-state index in [0.29, 0.717) is 27.6 Å². The topological polar surface area (TPSA) is 222 Å². The van der Waals surface area contributed by atoms with Crippen molar-refractivity contribution in [1.82, 2.24) is 9.21 Å². The molecule has 286 valence electrons. The van der Waals surface area contributed by atoms with Crippen LogP contribution in [0.3, 0.4) is 0 Å². The molecule has 0 spiro atoms. The Kier molecular flexibility index (Phi) is 15.8. The number of rotatable bonds is 20. The average Bonchev–Trinajstić information content (AvgIpc) is 3.16. The number of carbonyl (C=O) groups is 5. The molecule has 6 N–H and O–H groups in total. The van der Waals surface area contributed by atoms with E-state index in [9.17, 15) is 32.4 Å². The van der Waals surface area contributed by atoms with E-state index in [4.69, 9.17) is 26.7 Å². The molecule has 0 radical (unpaired) electrons. The number of hydrogen-bond donors (Lipinski definition) is 3. The van der Waals surface area contributed by atoms with Crippen LogP contribution in [0.1, 0.15) is 72.5 Å². The van der Waals surface area contributed by atoms with E-state index < -0.39 is 51.4 Å². The van der Waals surface area contributed by atoms with Gasteiger partial charge < -0.3 is 26.7 Å². The molecule has 15 heteroatoms. The van der Waals surface area contributed by atoms with Gasteiger partial charge in [-0.25, -0.2) is 27.2 Å². The molecule has 3 amide bonds. The van der Waals surface area contributed by atoms with Gasteiger partial charge in [0.15, 0.2) is 11.3 Å². The largest absolute Gasteiger partial charge is 0.467 e. The summed E-state index contributed by atoms with van der Waals surface area (Å²) in [5.41, 5.74) is 16.2. The molecule has 3 rings (SSSR count). The number of nitrogens with zero attached hydrogens (tertiary/aromatic N) is 2. The van der Waals surface area contributed by atoms with Crippen molar-refractivity contribution in [3.8, 4) is 0 Å². The second-order valence-corrected chi connectivity index (χ2v) is 14.4. The highest BCUT2D eigenvalue weighted by atomic mass is 32.2. The number of ether oxygens (including phenoxy) is 2. The fourth-order valence-electron chi connectivity index (χ4n) is 6.01. The zero-order valence-corrected chi connectivity index (χ0v) is 31.1. The molecule has 53 heavy (non-hydrogen) atoms. The molecule has 0 aliphatic heterocycles. The monoisotopic (exact) mass is 751 g/mol. The molecule has 3 atom stereocenters. The molecule has 0 unspecified atom stereocenters. The molecule has 0 saturated carbocycles. The number of amides is 3. The quantitative estimate of drug-likeness (QED) is 0.0653. The van der Waals surface area contributed by atoms with Crippen molar-refractivity contribution in [2.45, 2.75) is 81.5 Å². The van der Waals surface area contributed by atoms with Crippen LogP contribution in [0.5, 0.6) is 0 Å². The summed E-state index contributed by atoms with van der Waals surface area (Å²) in [6.45, 7) is 3.23. The van der Waals surface area contributed by atoms with Crippen molar-refractivity contribution in [2.75, 3.05) is 20.2 Å². The van der Waals surface area contributed by atoms with Crippen LogP contribution in [0.4, 0.5) is 4.79 Å². The van der Waals surface area contributed by atoms with E-state index in [-0.39, 0.29) is 67.8 Å². The average molecular weight is 752 g/mol. The van der Waals surface area contributed by atoms with Gasteiger partial charge in [-0.1, -0.05) is 72.3 Å². The van der Waals surface area contributed by atoms with Gasteiger partial charge in [-0.05, 0) is 83.2 Å². The first-order valence-corrected chi connectivity index (χ1v) is 18.7. The number of sulfonamides is 1. The molecule has 0 aliphatic carbocycles. The lowest BCUT2D eigenvalue weighted by Gasteiger charge is -2.41. The summed E-state index contributed by atoms with van der Waals surface area (Å²) < 4.78 is 39.3. The van der Waals surface area contributed by atoms with Gasteiger partial charge in [0.1, 0.15) is 12.6 Å². The Morgan fingerprint density at radius 2 is 1.47 bits per heavy atom. The fourth-order valence-corrected chi connectivity index (χ4v) is 7.38. The van der Waals surface area contributed by atoms with E-state index >= 15 is 0 Å². The highest BCUT2D eigenvalue weighted by Gasteiger charge is 2.55. The Bertz CT molecular complexity index is 1820. The number of imide groups is 1. The number of hydrogen-bond acceptors (Lipinski definition) is 12. The Labute approximate surface area is 310 Å². The van der Waals surface area contributed by atoms with Crippen molar-refractivity contribution in [1.29, 1.82) is 0 Å². The maximum atomic E-state index is 14.9. The van der Waals surface area contributed by atoms with E-state index in [1.54, 1.807) is 49.4 Å². The summed E-state index contributed by atoms with van der Waals surface area (Å²) in [7, 11) is -3.52. The molecule has 0 saturated heterocycles. The van der Waals surface area contributed by atoms with Gasteiger partial charge in [0, 0.05) is 11.1 Å². The molecular weight excluding hydrogens is 703 g/mol. The van der Waals surface area contributed by atoms with Crippen LogP contribution in [-0.2, 0) is 46.0 Å². The standard InChI is InChI=1S/C38H49N5O9S/c1-27-18-20-30(21-19-27)53(49,50)42(26-44)33(17-9-11-23-39)34(45)31-15-7-8-16-32(31)38(36(47)51-3,22-10-12-24-40)43(35(46)28(2)41)37(48)52-25-29-13-5-4-6-14-29/h4-8,13-16,18-21,26,28,33H,9-12,17,22-25,39-41H2,1-3H3/t28-,33+,38+/m0/s1. The van der Waals surface area contributed by atoms with E-state index in [0.717, 1.165) is 12.7 Å². The number of methoxy groups -OCH3 is 1. The van der Waals surface area contributed by atoms with Gasteiger partial charge in [-0.15, -0.1) is 0 Å². The molecule has 0 fully saturated rings. The molecule has 3 aromatic rings. The molecule has 0 heterocycles. The predicted octanol–water partition coefficient (Wildman–Crippen LogP) is 3.53. The highest BCUT2D eigenvalue weighted by Crippen LogP contribution is 2.40. The molecule has 0 aromatic heterocycles. The minimum atomic E-state index is -4.58. The first-order chi connectivity index (χ1) is 25.3. The summed E-state index contributed by atoms with van der Waals surface area (Å²) in [6, 6.07) is 17.1. The number of ketones is 1. The van der Waals surface area contributed by atoms with Crippen LogP contribution in [0, 0.1) is 6.92 Å². The van der Waals surface area contributed by atoms with Crippen LogP contribution >= 0.6 is 0 Å². The van der Waals surface area contributed by atoms with Gasteiger partial charge in [0.25, 0.3) is 10.0 Å². The zero-order valence-electron chi connectivity index (χ0n) is 30.3. The third-order valence-electron chi connectivity index (χ3n) is 8.78. The number of unbranched alkanes of at least 4 members (excludes halogenated alkanes) is 2. The van der Waals surface area contributed by atoms with Crippen LogP contribution in [0.15, 0.2) is 83.8 Å². The van der Waals surface area contributed by atoms with Crippen molar-refractivity contribution in [3.05, 3.63) is 101 Å². The van der Waals surface area contributed by atoms with Crippen LogP contribution < -0.4 is 17.2 Å². The van der Waals surface area contributed by atoms with Crippen LogP contribution in [-0.4, -0.2) is 80.1 Å². The molecule has 0 aliphatic rings. The molecular formula is C38H49N5O9S. The van der Waals surface area contributed by atoms with Gasteiger partial charge in [0.05, 0.1) is 18.0 Å². The number of Topliss-reactive ketones (excluding diaryl/α,β-unsaturated/α-hetero) is 1. The Morgan fingerprint density at radius 3 is 2.06 bits per heavy atom. The normalized spacial score (nSPS) is 13.5. The summed E-state index contributed by atoms with van der Waals surface area (Å²) in [6.07, 6.45) is -0.433. The van der Waals surface area contributed by atoms with Gasteiger partial charge >= 0.3 is 12.1 Å². The first-order valence-electron chi connectivity index (χ1n) is 17.3. The molecule has 14 nitrogen and oxygen atoms in total.